The number of carbonyl (C=O) groups is 1. The fourth-order valence-electron chi connectivity index (χ4n) is 2.45. The molecule has 0 spiro atoms. The van der Waals surface area contributed by atoms with Crippen LogP contribution in [0.25, 0.3) is 5.57 Å². The first kappa shape index (κ1) is 23.1. The molecule has 0 unspecified atom stereocenters. The van der Waals surface area contributed by atoms with E-state index in [-0.39, 0.29) is 23.3 Å². The summed E-state index contributed by atoms with van der Waals surface area (Å²) < 4.78 is 8.58. The molecule has 0 aromatic heterocycles. The second-order valence-electron chi connectivity index (χ2n) is 5.57. The Morgan fingerprint density at radius 3 is 2.61 bits per heavy atom. The minimum atomic E-state index is -1.61. The quantitative estimate of drug-likeness (QED) is 0.205. The van der Waals surface area contributed by atoms with Crippen LogP contribution >= 0.6 is 55.3 Å². The predicted molar refractivity (Wildman–Crippen MR) is 117 cm³/mol. The number of hydrogen-bond donors (Lipinski definition) is 0. The summed E-state index contributed by atoms with van der Waals surface area (Å²) in [6, 6.07) is 4.50. The Hall–Kier alpha value is -1.20. The van der Waals surface area contributed by atoms with Gasteiger partial charge in [0.25, 0.3) is 0 Å². The number of benzene rings is 1. The zero-order valence-corrected chi connectivity index (χ0v) is 18.5. The fraction of sp³-hybridized carbons (Fsp3) is 0.222. The molecule has 0 N–H and O–H groups in total. The third-order valence-corrected chi connectivity index (χ3v) is 4.72. The minimum absolute atomic E-state index is 0.0658. The number of nitroso groups, excluding NO2 is 1. The highest BCUT2D eigenvalue weighted by molar-refractivity contribution is 7.21. The number of carbonyl (C=O) groups excluding carboxylic acids is 1. The lowest BCUT2D eigenvalue weighted by molar-refractivity contribution is 0.0601. The van der Waals surface area contributed by atoms with E-state index in [1.165, 1.54) is 19.2 Å². The van der Waals surface area contributed by atoms with Crippen LogP contribution in [0.3, 0.4) is 0 Å². The molecule has 0 atom stereocenters. The largest absolute Gasteiger partial charge is 0.465 e. The van der Waals surface area contributed by atoms with Crippen LogP contribution in [0.5, 0.6) is 0 Å². The summed E-state index contributed by atoms with van der Waals surface area (Å²) >= 11 is 23.3. The van der Waals surface area contributed by atoms with Crippen LogP contribution in [0.2, 0.25) is 0 Å². The lowest BCUT2D eigenvalue weighted by Gasteiger charge is -2.17. The molecular weight excluding hydrogens is 467 g/mol. The zero-order valence-electron chi connectivity index (χ0n) is 14.5. The second kappa shape index (κ2) is 10.0. The Morgan fingerprint density at radius 1 is 1.29 bits per heavy atom. The molecule has 0 bridgehead atoms. The van der Waals surface area contributed by atoms with Crippen molar-refractivity contribution >= 4 is 78.0 Å². The van der Waals surface area contributed by atoms with Crippen LogP contribution in [-0.2, 0) is 9.47 Å². The molecule has 1 aliphatic rings. The van der Waals surface area contributed by atoms with Gasteiger partial charge in [0.2, 0.25) is 3.79 Å². The number of ether oxygens (including phenoxy) is 2. The average Bonchev–Trinajstić information content (AvgIpc) is 2.86. The SMILES string of the molecule is COC(=O)c1ccc(C2=C(C(=P)OCC(Cl)(Cl)Cl)C=CC(Cl)=CC2)c(N=O)c1. The van der Waals surface area contributed by atoms with Crippen molar-refractivity contribution in [1.29, 1.82) is 0 Å². The van der Waals surface area contributed by atoms with E-state index in [0.29, 0.717) is 28.2 Å². The van der Waals surface area contributed by atoms with Gasteiger partial charge in [-0.05, 0) is 35.4 Å². The van der Waals surface area contributed by atoms with Crippen LogP contribution in [0.15, 0.2) is 52.2 Å². The molecule has 0 saturated heterocycles. The number of methoxy groups -OCH3 is 1. The molecule has 0 amide bonds. The molecule has 2 rings (SSSR count). The van der Waals surface area contributed by atoms with E-state index in [9.17, 15) is 9.70 Å². The van der Waals surface area contributed by atoms with Gasteiger partial charge in [0.1, 0.15) is 17.8 Å². The Labute approximate surface area is 184 Å². The average molecular weight is 481 g/mol. The molecule has 0 fully saturated rings. The second-order valence-corrected chi connectivity index (χ2v) is 8.97. The van der Waals surface area contributed by atoms with Gasteiger partial charge in [-0.1, -0.05) is 73.5 Å². The van der Waals surface area contributed by atoms with Crippen molar-refractivity contribution in [2.45, 2.75) is 10.2 Å². The molecule has 1 aliphatic carbocycles. The number of nitrogens with zero attached hydrogens (tertiary/aromatic N) is 1. The molecule has 0 heterocycles. The first-order chi connectivity index (χ1) is 13.2. The smallest absolute Gasteiger partial charge is 0.337 e. The minimum Gasteiger partial charge on any atom is -0.465 e. The standard InChI is InChI=1S/C18H14Cl4NO4P/c1-26-16(24)10-2-5-13(15(8-10)23-25)12-6-3-11(19)4-7-14(12)17(28)27-9-18(20,21)22/h2-5,7-8,28H,6,9H2,1H3. The molecule has 10 heteroatoms. The number of allylic oxidation sites excluding steroid dienone is 4. The molecular formula is C18H14Cl4NO4P. The topological polar surface area (TPSA) is 65.0 Å². The number of rotatable bonds is 6. The molecule has 0 radical (unpaired) electrons. The van der Waals surface area contributed by atoms with Gasteiger partial charge < -0.3 is 9.47 Å². The zero-order chi connectivity index (χ0) is 20.9. The van der Waals surface area contributed by atoms with Crippen molar-refractivity contribution in [3.63, 3.8) is 0 Å². The predicted octanol–water partition coefficient (Wildman–Crippen LogP) is 6.37. The molecule has 1 aromatic rings. The van der Waals surface area contributed by atoms with Gasteiger partial charge in [-0.3, -0.25) is 0 Å². The molecule has 28 heavy (non-hydrogen) atoms. The maximum Gasteiger partial charge on any atom is 0.337 e. The Kier molecular flexibility index (Phi) is 8.26. The van der Waals surface area contributed by atoms with E-state index >= 15 is 0 Å². The van der Waals surface area contributed by atoms with Crippen molar-refractivity contribution in [3.8, 4) is 0 Å². The van der Waals surface area contributed by atoms with Gasteiger partial charge in [0.15, 0.2) is 0 Å². The van der Waals surface area contributed by atoms with E-state index < -0.39 is 9.76 Å². The highest BCUT2D eigenvalue weighted by Gasteiger charge is 2.23. The molecule has 1 aromatic carbocycles. The van der Waals surface area contributed by atoms with E-state index in [4.69, 9.17) is 51.1 Å². The maximum absolute atomic E-state index is 11.7. The molecule has 0 saturated carbocycles. The van der Waals surface area contributed by atoms with Crippen molar-refractivity contribution in [1.82, 2.24) is 0 Å². The lowest BCUT2D eigenvalue weighted by Crippen LogP contribution is -2.17. The summed E-state index contributed by atoms with van der Waals surface area (Å²) in [4.78, 5) is 23.2. The summed E-state index contributed by atoms with van der Waals surface area (Å²) in [6.45, 7) is -0.206. The number of hydrogen-bond acceptors (Lipinski definition) is 5. The summed E-state index contributed by atoms with van der Waals surface area (Å²) in [5.41, 5.74) is 2.30. The summed E-state index contributed by atoms with van der Waals surface area (Å²) in [6.07, 6.45) is 5.49. The Balaban J connectivity index is 2.54. The lowest BCUT2D eigenvalue weighted by atomic mass is 9.95. The Bertz CT molecular complexity index is 903. The van der Waals surface area contributed by atoms with Crippen molar-refractivity contribution in [3.05, 3.63) is 63.1 Å². The van der Waals surface area contributed by atoms with Gasteiger partial charge in [0, 0.05) is 16.2 Å². The number of halogens is 4. The van der Waals surface area contributed by atoms with Gasteiger partial charge in [-0.15, -0.1) is 4.91 Å². The third-order valence-electron chi connectivity index (χ3n) is 3.70. The van der Waals surface area contributed by atoms with Crippen molar-refractivity contribution in [2.24, 2.45) is 5.18 Å². The van der Waals surface area contributed by atoms with Gasteiger partial charge >= 0.3 is 5.97 Å². The van der Waals surface area contributed by atoms with E-state index in [0.717, 1.165) is 0 Å². The van der Waals surface area contributed by atoms with Gasteiger partial charge in [0.05, 0.1) is 12.7 Å². The van der Waals surface area contributed by atoms with Crippen LogP contribution in [-0.4, -0.2) is 29.0 Å². The normalized spacial score (nSPS) is 14.4. The molecule has 0 aliphatic heterocycles. The number of esters is 1. The van der Waals surface area contributed by atoms with E-state index in [1.54, 1.807) is 24.3 Å². The first-order valence-electron chi connectivity index (χ1n) is 7.77. The van der Waals surface area contributed by atoms with Crippen LogP contribution < -0.4 is 0 Å². The highest BCUT2D eigenvalue weighted by atomic mass is 35.6. The van der Waals surface area contributed by atoms with Crippen LogP contribution in [0.4, 0.5) is 5.69 Å². The van der Waals surface area contributed by atoms with Crippen molar-refractivity contribution < 1.29 is 14.3 Å². The number of alkyl halides is 3. The van der Waals surface area contributed by atoms with Gasteiger partial charge in [-0.25, -0.2) is 4.79 Å². The van der Waals surface area contributed by atoms with Crippen LogP contribution in [0, 0.1) is 4.91 Å². The summed E-state index contributed by atoms with van der Waals surface area (Å²) in [5, 5.41) is 3.55. The monoisotopic (exact) mass is 479 g/mol. The fourth-order valence-corrected chi connectivity index (χ4v) is 3.06. The Morgan fingerprint density at radius 2 is 2.00 bits per heavy atom. The molecule has 148 valence electrons. The highest BCUT2D eigenvalue weighted by Crippen LogP contribution is 2.36. The third kappa shape index (κ3) is 6.15. The maximum atomic E-state index is 11.7. The van der Waals surface area contributed by atoms with E-state index in [1.807, 2.05) is 0 Å². The summed E-state index contributed by atoms with van der Waals surface area (Å²) in [7, 11) is 4.65. The molecule has 5 nitrogen and oxygen atoms in total. The summed E-state index contributed by atoms with van der Waals surface area (Å²) in [5.74, 6) is -0.576. The first-order valence-corrected chi connectivity index (χ1v) is 9.79. The van der Waals surface area contributed by atoms with Gasteiger partial charge in [-0.2, -0.15) is 0 Å². The van der Waals surface area contributed by atoms with E-state index in [2.05, 4.69) is 18.8 Å². The van der Waals surface area contributed by atoms with Crippen molar-refractivity contribution in [2.75, 3.05) is 13.7 Å². The van der Waals surface area contributed by atoms with Crippen LogP contribution in [0.1, 0.15) is 22.3 Å².